The highest BCUT2D eigenvalue weighted by molar-refractivity contribution is 5.96. The zero-order valence-electron chi connectivity index (χ0n) is 10.8. The van der Waals surface area contributed by atoms with Gasteiger partial charge in [0, 0.05) is 6.04 Å². The molecular weight excluding hydrogens is 242 g/mol. The summed E-state index contributed by atoms with van der Waals surface area (Å²) in [6, 6.07) is 7.03. The third-order valence-corrected chi connectivity index (χ3v) is 3.52. The second-order valence-electron chi connectivity index (χ2n) is 4.69. The first kappa shape index (κ1) is 13.4. The number of anilines is 1. The van der Waals surface area contributed by atoms with Gasteiger partial charge in [-0.05, 0) is 25.0 Å². The van der Waals surface area contributed by atoms with Crippen LogP contribution in [0.5, 0.6) is 5.75 Å². The summed E-state index contributed by atoms with van der Waals surface area (Å²) in [5, 5.41) is 11.9. The topological polar surface area (TPSA) is 88.1 Å². The van der Waals surface area contributed by atoms with Gasteiger partial charge < -0.3 is 15.8 Å². The summed E-state index contributed by atoms with van der Waals surface area (Å²) in [5.74, 6) is 0.168. The fourth-order valence-corrected chi connectivity index (χ4v) is 2.45. The average Bonchev–Trinajstić information content (AvgIpc) is 2.85. The zero-order valence-corrected chi connectivity index (χ0v) is 10.8. The first-order valence-corrected chi connectivity index (χ1v) is 6.31. The lowest BCUT2D eigenvalue weighted by Gasteiger charge is -2.17. The lowest BCUT2D eigenvalue weighted by atomic mass is 10.0. The van der Waals surface area contributed by atoms with Gasteiger partial charge in [0.2, 0.25) is 5.91 Å². The zero-order chi connectivity index (χ0) is 13.8. The third-order valence-electron chi connectivity index (χ3n) is 3.52. The van der Waals surface area contributed by atoms with Crippen molar-refractivity contribution in [2.75, 3.05) is 12.4 Å². The highest BCUT2D eigenvalue weighted by Crippen LogP contribution is 2.30. The molecule has 2 unspecified atom stereocenters. The Kier molecular flexibility index (Phi) is 4.03. The standard InChI is InChI=1S/C14H17N3O2/c1-19-12-7-2-4-9(8-15)13(12)17-14(18)10-5-3-6-11(10)16/h2,4,7,10-11H,3,5-6,16H2,1H3,(H,17,18). The lowest BCUT2D eigenvalue weighted by Crippen LogP contribution is -2.34. The number of hydrogen-bond donors (Lipinski definition) is 2. The maximum atomic E-state index is 12.2. The summed E-state index contributed by atoms with van der Waals surface area (Å²) in [6.07, 6.45) is 2.63. The van der Waals surface area contributed by atoms with E-state index in [1.165, 1.54) is 7.11 Å². The summed E-state index contributed by atoms with van der Waals surface area (Å²) in [6.45, 7) is 0. The Morgan fingerprint density at radius 3 is 2.89 bits per heavy atom. The van der Waals surface area contributed by atoms with E-state index in [4.69, 9.17) is 15.7 Å². The van der Waals surface area contributed by atoms with E-state index >= 15 is 0 Å². The van der Waals surface area contributed by atoms with Crippen molar-refractivity contribution in [3.05, 3.63) is 23.8 Å². The van der Waals surface area contributed by atoms with E-state index in [2.05, 4.69) is 11.4 Å². The maximum absolute atomic E-state index is 12.2. The van der Waals surface area contributed by atoms with Crippen molar-refractivity contribution in [3.63, 3.8) is 0 Å². The van der Waals surface area contributed by atoms with Crippen molar-refractivity contribution >= 4 is 11.6 Å². The molecule has 1 saturated carbocycles. The predicted octanol–water partition coefficient (Wildman–Crippen LogP) is 1.63. The molecule has 0 bridgehead atoms. The second-order valence-corrected chi connectivity index (χ2v) is 4.69. The summed E-state index contributed by atoms with van der Waals surface area (Å²) >= 11 is 0. The number of methoxy groups -OCH3 is 1. The number of hydrogen-bond acceptors (Lipinski definition) is 4. The normalized spacial score (nSPS) is 21.7. The first-order chi connectivity index (χ1) is 9.17. The van der Waals surface area contributed by atoms with E-state index in [1.54, 1.807) is 18.2 Å². The molecule has 0 aliphatic heterocycles. The van der Waals surface area contributed by atoms with Gasteiger partial charge in [-0.3, -0.25) is 4.79 Å². The van der Waals surface area contributed by atoms with Crippen molar-refractivity contribution in [1.82, 2.24) is 0 Å². The number of para-hydroxylation sites is 1. The molecule has 1 amide bonds. The van der Waals surface area contributed by atoms with Crippen LogP contribution in [0.15, 0.2) is 18.2 Å². The Morgan fingerprint density at radius 2 is 2.32 bits per heavy atom. The number of carbonyl (C=O) groups is 1. The van der Waals surface area contributed by atoms with Crippen LogP contribution in [-0.4, -0.2) is 19.1 Å². The quantitative estimate of drug-likeness (QED) is 0.863. The molecule has 1 aliphatic rings. The number of nitrogens with one attached hydrogen (secondary N) is 1. The van der Waals surface area contributed by atoms with Gasteiger partial charge in [-0.1, -0.05) is 12.5 Å². The minimum atomic E-state index is -0.184. The Morgan fingerprint density at radius 1 is 1.53 bits per heavy atom. The summed E-state index contributed by atoms with van der Waals surface area (Å²) in [5.41, 5.74) is 6.73. The number of benzene rings is 1. The molecule has 0 radical (unpaired) electrons. The number of carbonyl (C=O) groups excluding carboxylic acids is 1. The molecule has 19 heavy (non-hydrogen) atoms. The Bertz CT molecular complexity index is 522. The van der Waals surface area contributed by atoms with Gasteiger partial charge in [-0.2, -0.15) is 5.26 Å². The summed E-state index contributed by atoms with van der Waals surface area (Å²) < 4.78 is 5.18. The van der Waals surface area contributed by atoms with Gasteiger partial charge in [-0.25, -0.2) is 0 Å². The smallest absolute Gasteiger partial charge is 0.229 e. The summed E-state index contributed by atoms with van der Waals surface area (Å²) in [4.78, 5) is 12.2. The molecule has 2 rings (SSSR count). The Labute approximate surface area is 112 Å². The van der Waals surface area contributed by atoms with Crippen molar-refractivity contribution in [2.45, 2.75) is 25.3 Å². The molecule has 0 saturated heterocycles. The van der Waals surface area contributed by atoms with Crippen LogP contribution < -0.4 is 15.8 Å². The van der Waals surface area contributed by atoms with Crippen LogP contribution in [-0.2, 0) is 4.79 Å². The first-order valence-electron chi connectivity index (χ1n) is 6.31. The number of amides is 1. The van der Waals surface area contributed by atoms with E-state index in [9.17, 15) is 4.79 Å². The van der Waals surface area contributed by atoms with E-state index in [0.29, 0.717) is 17.0 Å². The van der Waals surface area contributed by atoms with E-state index in [1.807, 2.05) is 0 Å². The number of nitrogens with zero attached hydrogens (tertiary/aromatic N) is 1. The monoisotopic (exact) mass is 259 g/mol. The lowest BCUT2D eigenvalue weighted by molar-refractivity contribution is -0.120. The number of rotatable bonds is 3. The molecule has 1 aromatic carbocycles. The maximum Gasteiger partial charge on any atom is 0.229 e. The molecule has 3 N–H and O–H groups in total. The Hall–Kier alpha value is -2.06. The highest BCUT2D eigenvalue weighted by atomic mass is 16.5. The van der Waals surface area contributed by atoms with E-state index < -0.39 is 0 Å². The fraction of sp³-hybridized carbons (Fsp3) is 0.429. The molecular formula is C14H17N3O2. The molecule has 5 heteroatoms. The minimum Gasteiger partial charge on any atom is -0.495 e. The van der Waals surface area contributed by atoms with E-state index in [0.717, 1.165) is 19.3 Å². The number of nitrogens with two attached hydrogens (primary N) is 1. The van der Waals surface area contributed by atoms with Gasteiger partial charge >= 0.3 is 0 Å². The fourth-order valence-electron chi connectivity index (χ4n) is 2.45. The van der Waals surface area contributed by atoms with Crippen LogP contribution in [0.4, 0.5) is 5.69 Å². The molecule has 0 aromatic heterocycles. The van der Waals surface area contributed by atoms with Gasteiger partial charge in [0.25, 0.3) is 0 Å². The largest absolute Gasteiger partial charge is 0.495 e. The van der Waals surface area contributed by atoms with Crippen LogP contribution in [0.3, 0.4) is 0 Å². The van der Waals surface area contributed by atoms with Gasteiger partial charge in [0.05, 0.1) is 18.6 Å². The SMILES string of the molecule is COc1cccc(C#N)c1NC(=O)C1CCCC1N. The Balaban J connectivity index is 2.23. The van der Waals surface area contributed by atoms with E-state index in [-0.39, 0.29) is 17.9 Å². The van der Waals surface area contributed by atoms with Crippen LogP contribution in [0.25, 0.3) is 0 Å². The molecule has 100 valence electrons. The minimum absolute atomic E-state index is 0.0970. The molecule has 0 heterocycles. The second kappa shape index (κ2) is 5.72. The van der Waals surface area contributed by atoms with Crippen LogP contribution in [0, 0.1) is 17.2 Å². The predicted molar refractivity (Wildman–Crippen MR) is 71.7 cm³/mol. The van der Waals surface area contributed by atoms with Gasteiger partial charge in [-0.15, -0.1) is 0 Å². The molecule has 1 aromatic rings. The van der Waals surface area contributed by atoms with Gasteiger partial charge in [0.15, 0.2) is 0 Å². The number of nitriles is 1. The number of ether oxygens (including phenoxy) is 1. The molecule has 5 nitrogen and oxygen atoms in total. The van der Waals surface area contributed by atoms with Crippen molar-refractivity contribution < 1.29 is 9.53 Å². The van der Waals surface area contributed by atoms with Crippen LogP contribution in [0.1, 0.15) is 24.8 Å². The average molecular weight is 259 g/mol. The molecule has 2 atom stereocenters. The van der Waals surface area contributed by atoms with Gasteiger partial charge in [0.1, 0.15) is 17.5 Å². The molecule has 1 fully saturated rings. The van der Waals surface area contributed by atoms with Crippen molar-refractivity contribution in [2.24, 2.45) is 11.7 Å². The highest BCUT2D eigenvalue weighted by Gasteiger charge is 2.31. The van der Waals surface area contributed by atoms with Crippen LogP contribution >= 0.6 is 0 Å². The molecule has 0 spiro atoms. The molecule has 1 aliphatic carbocycles. The van der Waals surface area contributed by atoms with Crippen molar-refractivity contribution in [3.8, 4) is 11.8 Å². The van der Waals surface area contributed by atoms with Crippen LogP contribution in [0.2, 0.25) is 0 Å². The van der Waals surface area contributed by atoms with Crippen molar-refractivity contribution in [1.29, 1.82) is 5.26 Å². The third kappa shape index (κ3) is 2.69. The summed E-state index contributed by atoms with van der Waals surface area (Å²) in [7, 11) is 1.51.